The highest BCUT2D eigenvalue weighted by molar-refractivity contribution is 5.90. The van der Waals surface area contributed by atoms with Gasteiger partial charge in [-0.2, -0.15) is 0 Å². The quantitative estimate of drug-likeness (QED) is 0.735. The van der Waals surface area contributed by atoms with Crippen molar-refractivity contribution in [1.82, 2.24) is 4.98 Å². The number of benzene rings is 1. The molecule has 0 spiro atoms. The molecular weight excluding hydrogens is 360 g/mol. The molecule has 3 heterocycles. The molecule has 4 atom stereocenters. The summed E-state index contributed by atoms with van der Waals surface area (Å²) < 4.78 is 16.5. The van der Waals surface area contributed by atoms with Crippen LogP contribution in [0.4, 0.5) is 0 Å². The van der Waals surface area contributed by atoms with Crippen LogP contribution in [0.25, 0.3) is 0 Å². The molecule has 2 aliphatic rings. The van der Waals surface area contributed by atoms with E-state index in [9.17, 15) is 9.59 Å². The number of primary amides is 1. The Hall–Kier alpha value is -2.67. The highest BCUT2D eigenvalue weighted by Gasteiger charge is 2.51. The van der Waals surface area contributed by atoms with Gasteiger partial charge in [0, 0.05) is 12.3 Å². The smallest absolute Gasteiger partial charge is 0.305 e. The zero-order chi connectivity index (χ0) is 19.7. The van der Waals surface area contributed by atoms with Gasteiger partial charge in [-0.15, -0.1) is 0 Å². The molecule has 4 rings (SSSR count). The van der Waals surface area contributed by atoms with Crippen LogP contribution < -0.4 is 5.73 Å². The number of oxazole rings is 1. The molecule has 2 saturated heterocycles. The summed E-state index contributed by atoms with van der Waals surface area (Å²) in [6.45, 7) is 0. The van der Waals surface area contributed by atoms with Crippen LogP contribution in [0.5, 0.6) is 0 Å². The van der Waals surface area contributed by atoms with E-state index in [0.29, 0.717) is 18.7 Å². The average molecular weight is 384 g/mol. The molecule has 0 saturated carbocycles. The molecule has 1 amide bonds. The summed E-state index contributed by atoms with van der Waals surface area (Å²) in [6.07, 6.45) is 5.29. The van der Waals surface area contributed by atoms with E-state index in [1.165, 1.54) is 18.9 Å². The number of fused-ring (bicyclic) bond motifs is 2. The van der Waals surface area contributed by atoms with Crippen LogP contribution in [0.3, 0.4) is 0 Å². The Kier molecular flexibility index (Phi) is 5.17. The SMILES string of the molecule is COC(=O)CCc1ccccc1C[C@@H]1[C@H](c2nc(C(N)=O)co2)[C@H]2CC[C@@H]1O2. The lowest BCUT2D eigenvalue weighted by atomic mass is 9.75. The number of carbonyl (C=O) groups is 2. The Morgan fingerprint density at radius 3 is 2.68 bits per heavy atom. The fourth-order valence-corrected chi connectivity index (χ4v) is 4.52. The van der Waals surface area contributed by atoms with Crippen LogP contribution in [0.1, 0.15) is 52.7 Å². The number of rotatable bonds is 7. The van der Waals surface area contributed by atoms with Crippen molar-refractivity contribution >= 4 is 11.9 Å². The minimum absolute atomic E-state index is 0.000475. The molecular formula is C21H24N2O5. The number of carbonyl (C=O) groups excluding carboxylic acids is 2. The largest absolute Gasteiger partial charge is 0.469 e. The van der Waals surface area contributed by atoms with Gasteiger partial charge in [0.25, 0.3) is 5.91 Å². The van der Waals surface area contributed by atoms with E-state index in [1.807, 2.05) is 12.1 Å². The third kappa shape index (κ3) is 3.54. The Labute approximate surface area is 163 Å². The molecule has 1 aromatic heterocycles. The molecule has 2 aliphatic heterocycles. The van der Waals surface area contributed by atoms with Gasteiger partial charge in [0.1, 0.15) is 6.26 Å². The summed E-state index contributed by atoms with van der Waals surface area (Å²) in [7, 11) is 1.40. The summed E-state index contributed by atoms with van der Waals surface area (Å²) in [5.74, 6) is -0.0746. The van der Waals surface area contributed by atoms with Crippen molar-refractivity contribution < 1.29 is 23.5 Å². The maximum atomic E-state index is 11.5. The van der Waals surface area contributed by atoms with E-state index < -0.39 is 5.91 Å². The van der Waals surface area contributed by atoms with Gasteiger partial charge >= 0.3 is 5.97 Å². The first-order chi connectivity index (χ1) is 13.6. The minimum Gasteiger partial charge on any atom is -0.469 e. The predicted octanol–water partition coefficient (Wildman–Crippen LogP) is 2.38. The first-order valence-electron chi connectivity index (χ1n) is 9.61. The number of methoxy groups -OCH3 is 1. The van der Waals surface area contributed by atoms with Crippen molar-refractivity contribution in [2.24, 2.45) is 11.7 Å². The van der Waals surface area contributed by atoms with E-state index in [-0.39, 0.29) is 35.7 Å². The lowest BCUT2D eigenvalue weighted by molar-refractivity contribution is -0.140. The molecule has 148 valence electrons. The van der Waals surface area contributed by atoms with E-state index in [2.05, 4.69) is 17.1 Å². The second kappa shape index (κ2) is 7.75. The zero-order valence-corrected chi connectivity index (χ0v) is 15.8. The second-order valence-electron chi connectivity index (χ2n) is 7.46. The molecule has 2 N–H and O–H groups in total. The monoisotopic (exact) mass is 384 g/mol. The summed E-state index contributed by atoms with van der Waals surface area (Å²) in [5.41, 5.74) is 7.80. The number of hydrogen-bond donors (Lipinski definition) is 1. The Morgan fingerprint density at radius 1 is 1.21 bits per heavy atom. The topological polar surface area (TPSA) is 105 Å². The molecule has 0 unspecified atom stereocenters. The van der Waals surface area contributed by atoms with Gasteiger partial charge < -0.3 is 19.6 Å². The van der Waals surface area contributed by atoms with Gasteiger partial charge in [0.15, 0.2) is 5.69 Å². The molecule has 2 bridgehead atoms. The summed E-state index contributed by atoms with van der Waals surface area (Å²) in [4.78, 5) is 27.2. The van der Waals surface area contributed by atoms with Gasteiger partial charge in [-0.25, -0.2) is 4.98 Å². The molecule has 2 aromatic rings. The predicted molar refractivity (Wildman–Crippen MR) is 99.6 cm³/mol. The van der Waals surface area contributed by atoms with Gasteiger partial charge in [0.2, 0.25) is 5.89 Å². The third-order valence-electron chi connectivity index (χ3n) is 5.88. The highest BCUT2D eigenvalue weighted by atomic mass is 16.5. The summed E-state index contributed by atoms with van der Waals surface area (Å²) >= 11 is 0. The third-order valence-corrected chi connectivity index (χ3v) is 5.88. The van der Waals surface area contributed by atoms with Gasteiger partial charge in [-0.1, -0.05) is 24.3 Å². The van der Waals surface area contributed by atoms with Crippen molar-refractivity contribution in [3.8, 4) is 0 Å². The number of nitrogens with two attached hydrogens (primary N) is 1. The Bertz CT molecular complexity index is 877. The van der Waals surface area contributed by atoms with Crippen LogP contribution in [-0.4, -0.2) is 36.2 Å². The highest BCUT2D eigenvalue weighted by Crippen LogP contribution is 2.49. The van der Waals surface area contributed by atoms with Crippen molar-refractivity contribution in [3.63, 3.8) is 0 Å². The molecule has 7 nitrogen and oxygen atoms in total. The van der Waals surface area contributed by atoms with E-state index >= 15 is 0 Å². The molecule has 0 radical (unpaired) electrons. The first kappa shape index (κ1) is 18.7. The maximum absolute atomic E-state index is 11.5. The molecule has 28 heavy (non-hydrogen) atoms. The van der Waals surface area contributed by atoms with Crippen molar-refractivity contribution in [2.45, 2.75) is 50.2 Å². The van der Waals surface area contributed by atoms with E-state index in [0.717, 1.165) is 24.8 Å². The number of aryl methyl sites for hydroxylation is 1. The number of aromatic nitrogens is 1. The van der Waals surface area contributed by atoms with E-state index in [1.54, 1.807) is 0 Å². The van der Waals surface area contributed by atoms with Gasteiger partial charge in [-0.05, 0) is 36.8 Å². The van der Waals surface area contributed by atoms with Crippen molar-refractivity contribution in [1.29, 1.82) is 0 Å². The van der Waals surface area contributed by atoms with Crippen LogP contribution in [0, 0.1) is 5.92 Å². The second-order valence-corrected chi connectivity index (χ2v) is 7.46. The summed E-state index contributed by atoms with van der Waals surface area (Å²) in [5, 5.41) is 0. The number of hydrogen-bond acceptors (Lipinski definition) is 6. The van der Waals surface area contributed by atoms with Crippen LogP contribution in [0.15, 0.2) is 34.9 Å². The molecule has 0 aliphatic carbocycles. The molecule has 7 heteroatoms. The number of nitrogens with zero attached hydrogens (tertiary/aromatic N) is 1. The standard InChI is InChI=1S/C21H24N2O5/c1-26-18(24)9-6-12-4-2-3-5-13(12)10-14-16-7-8-17(28-16)19(14)21-23-15(11-27-21)20(22)25/h2-5,11,14,16-17,19H,6-10H2,1H3,(H2,22,25)/t14-,16-,17+,19-/m0/s1. The van der Waals surface area contributed by atoms with Gasteiger partial charge in [0.05, 0.1) is 25.2 Å². The van der Waals surface area contributed by atoms with E-state index in [4.69, 9.17) is 19.6 Å². The summed E-state index contributed by atoms with van der Waals surface area (Å²) in [6, 6.07) is 8.15. The van der Waals surface area contributed by atoms with Gasteiger partial charge in [-0.3, -0.25) is 9.59 Å². The number of ether oxygens (including phenoxy) is 2. The lowest BCUT2D eigenvalue weighted by Gasteiger charge is -2.26. The average Bonchev–Trinajstić information content (AvgIpc) is 3.43. The van der Waals surface area contributed by atoms with Crippen molar-refractivity contribution in [3.05, 3.63) is 53.2 Å². The normalized spacial score (nSPS) is 25.8. The fourth-order valence-electron chi connectivity index (χ4n) is 4.52. The van der Waals surface area contributed by atoms with Crippen LogP contribution in [-0.2, 0) is 27.1 Å². The number of esters is 1. The Morgan fingerprint density at radius 2 is 1.96 bits per heavy atom. The Balaban J connectivity index is 1.56. The fraction of sp³-hybridized carbons (Fsp3) is 0.476. The zero-order valence-electron chi connectivity index (χ0n) is 15.8. The molecule has 1 aromatic carbocycles. The van der Waals surface area contributed by atoms with Crippen LogP contribution in [0.2, 0.25) is 0 Å². The number of amides is 1. The van der Waals surface area contributed by atoms with Crippen molar-refractivity contribution in [2.75, 3.05) is 7.11 Å². The maximum Gasteiger partial charge on any atom is 0.305 e. The molecule has 2 fully saturated rings. The lowest BCUT2D eigenvalue weighted by Crippen LogP contribution is -2.28. The van der Waals surface area contributed by atoms with Crippen LogP contribution >= 0.6 is 0 Å². The first-order valence-corrected chi connectivity index (χ1v) is 9.61. The minimum atomic E-state index is -0.594.